The minimum atomic E-state index is -0.149. The molecule has 0 fully saturated rings. The summed E-state index contributed by atoms with van der Waals surface area (Å²) in [4.78, 5) is 20.6. The number of rotatable bonds is 2. The lowest BCUT2D eigenvalue weighted by Gasteiger charge is -2.09. The highest BCUT2D eigenvalue weighted by Crippen LogP contribution is 2.32. The van der Waals surface area contributed by atoms with Gasteiger partial charge >= 0.3 is 0 Å². The van der Waals surface area contributed by atoms with Gasteiger partial charge in [-0.3, -0.25) is 9.78 Å². The van der Waals surface area contributed by atoms with Crippen molar-refractivity contribution in [3.63, 3.8) is 0 Å². The second-order valence-electron chi connectivity index (χ2n) is 4.10. The number of aromatic nitrogens is 2. The summed E-state index contributed by atoms with van der Waals surface area (Å²) in [6.07, 6.45) is 5.17. The fourth-order valence-electron chi connectivity index (χ4n) is 2.17. The molecule has 2 heterocycles. The second kappa shape index (κ2) is 4.78. The van der Waals surface area contributed by atoms with E-state index in [1.54, 1.807) is 12.4 Å². The Balaban J connectivity index is 1.78. The van der Waals surface area contributed by atoms with Gasteiger partial charge in [0.1, 0.15) is 0 Å². The summed E-state index contributed by atoms with van der Waals surface area (Å²) in [5.74, 6) is -0.168. The van der Waals surface area contributed by atoms with Gasteiger partial charge in [-0.2, -0.15) is 0 Å². The first kappa shape index (κ1) is 11.8. The number of nitrogens with zero attached hydrogens (tertiary/aromatic N) is 2. The molecule has 0 saturated heterocycles. The van der Waals surface area contributed by atoms with Gasteiger partial charge in [0.25, 0.3) is 0 Å². The van der Waals surface area contributed by atoms with Crippen LogP contribution in [-0.2, 0) is 11.2 Å². The van der Waals surface area contributed by atoms with Crippen LogP contribution in [0.4, 0.5) is 5.13 Å². The summed E-state index contributed by atoms with van der Waals surface area (Å²) in [6.45, 7) is 0. The van der Waals surface area contributed by atoms with E-state index in [1.165, 1.54) is 16.9 Å². The maximum absolute atomic E-state index is 12.2. The molecular formula is C12H10BrN3OS. The smallest absolute Gasteiger partial charge is 0.235 e. The molecule has 1 unspecified atom stereocenters. The molecule has 0 bridgehead atoms. The molecule has 6 heteroatoms. The fraction of sp³-hybridized carbons (Fsp3) is 0.250. The molecule has 1 aliphatic carbocycles. The van der Waals surface area contributed by atoms with E-state index >= 15 is 0 Å². The third-order valence-corrected chi connectivity index (χ3v) is 4.37. The predicted molar refractivity (Wildman–Crippen MR) is 73.7 cm³/mol. The first-order valence-electron chi connectivity index (χ1n) is 5.60. The number of halogens is 1. The number of thiazole rings is 1. The van der Waals surface area contributed by atoms with E-state index in [1.807, 2.05) is 12.1 Å². The van der Waals surface area contributed by atoms with E-state index in [9.17, 15) is 4.79 Å². The average Bonchev–Trinajstić information content (AvgIpc) is 2.95. The predicted octanol–water partition coefficient (Wildman–Crippen LogP) is 2.97. The van der Waals surface area contributed by atoms with Crippen molar-refractivity contribution in [2.75, 3.05) is 5.32 Å². The summed E-state index contributed by atoms with van der Waals surface area (Å²) in [5, 5.41) is 3.47. The van der Waals surface area contributed by atoms with Crippen LogP contribution < -0.4 is 5.32 Å². The molecule has 0 saturated carbocycles. The summed E-state index contributed by atoms with van der Waals surface area (Å²) < 4.78 is 0.905. The Morgan fingerprint density at radius 1 is 1.50 bits per heavy atom. The molecular weight excluding hydrogens is 314 g/mol. The van der Waals surface area contributed by atoms with Gasteiger partial charge in [0.05, 0.1) is 21.6 Å². The first-order valence-corrected chi connectivity index (χ1v) is 7.21. The van der Waals surface area contributed by atoms with Crippen molar-refractivity contribution in [3.8, 4) is 0 Å². The van der Waals surface area contributed by atoms with Crippen molar-refractivity contribution in [1.82, 2.24) is 9.97 Å². The maximum atomic E-state index is 12.2. The Morgan fingerprint density at radius 2 is 2.39 bits per heavy atom. The molecule has 3 rings (SSSR count). The van der Waals surface area contributed by atoms with Crippen molar-refractivity contribution < 1.29 is 4.79 Å². The molecule has 0 spiro atoms. The Labute approximate surface area is 117 Å². The number of carbonyl (C=O) groups is 1. The van der Waals surface area contributed by atoms with E-state index in [4.69, 9.17) is 0 Å². The van der Waals surface area contributed by atoms with Crippen LogP contribution in [0.1, 0.15) is 23.6 Å². The molecule has 1 atom stereocenters. The van der Waals surface area contributed by atoms with E-state index in [-0.39, 0.29) is 11.8 Å². The van der Waals surface area contributed by atoms with Crippen LogP contribution in [0.15, 0.2) is 28.3 Å². The van der Waals surface area contributed by atoms with E-state index < -0.39 is 0 Å². The zero-order valence-electron chi connectivity index (χ0n) is 9.39. The van der Waals surface area contributed by atoms with Gasteiger partial charge in [0.2, 0.25) is 5.91 Å². The van der Waals surface area contributed by atoms with E-state index in [2.05, 4.69) is 31.2 Å². The van der Waals surface area contributed by atoms with Gasteiger partial charge in [-0.25, -0.2) is 4.98 Å². The minimum absolute atomic E-state index is 0.0192. The zero-order chi connectivity index (χ0) is 12.5. The van der Waals surface area contributed by atoms with Crippen molar-refractivity contribution in [3.05, 3.63) is 39.6 Å². The van der Waals surface area contributed by atoms with Crippen LogP contribution in [0, 0.1) is 0 Å². The molecule has 2 aromatic heterocycles. The van der Waals surface area contributed by atoms with Crippen LogP contribution in [0.3, 0.4) is 0 Å². The summed E-state index contributed by atoms with van der Waals surface area (Å²) in [7, 11) is 0. The number of nitrogens with one attached hydrogen (secondary N) is 1. The van der Waals surface area contributed by atoms with Crippen LogP contribution in [0.2, 0.25) is 0 Å². The highest BCUT2D eigenvalue weighted by molar-refractivity contribution is 9.11. The molecule has 0 radical (unpaired) electrons. The summed E-state index contributed by atoms with van der Waals surface area (Å²) in [5.41, 5.74) is 2.09. The van der Waals surface area contributed by atoms with Crippen molar-refractivity contribution in [2.45, 2.75) is 18.8 Å². The summed E-state index contributed by atoms with van der Waals surface area (Å²) >= 11 is 4.73. The lowest BCUT2D eigenvalue weighted by atomic mass is 10.1. The third kappa shape index (κ3) is 2.18. The number of hydrogen-bond acceptors (Lipinski definition) is 4. The topological polar surface area (TPSA) is 54.9 Å². The van der Waals surface area contributed by atoms with Crippen LogP contribution in [-0.4, -0.2) is 15.9 Å². The third-order valence-electron chi connectivity index (χ3n) is 2.98. The SMILES string of the molecule is O=C(Nc1ncc(Br)s1)C1CCc2cccnc21. The standard InChI is InChI=1S/C12H10BrN3OS/c13-9-6-15-12(18-9)16-11(17)8-4-3-7-2-1-5-14-10(7)8/h1-2,5-6,8H,3-4H2,(H,15,16,17). The number of hydrogen-bond donors (Lipinski definition) is 1. The van der Waals surface area contributed by atoms with Gasteiger partial charge in [0, 0.05) is 6.20 Å². The molecule has 1 amide bonds. The average molecular weight is 324 g/mol. The highest BCUT2D eigenvalue weighted by atomic mass is 79.9. The van der Waals surface area contributed by atoms with E-state index in [0.29, 0.717) is 5.13 Å². The summed E-state index contributed by atoms with van der Waals surface area (Å²) in [6, 6.07) is 3.95. The highest BCUT2D eigenvalue weighted by Gasteiger charge is 2.30. The molecule has 0 aliphatic heterocycles. The van der Waals surface area contributed by atoms with Crippen LogP contribution in [0.25, 0.3) is 0 Å². The van der Waals surface area contributed by atoms with Gasteiger partial charge in [-0.15, -0.1) is 0 Å². The van der Waals surface area contributed by atoms with E-state index in [0.717, 1.165) is 22.3 Å². The number of fused-ring (bicyclic) bond motifs is 1. The van der Waals surface area contributed by atoms with Crippen LogP contribution in [0.5, 0.6) is 0 Å². The molecule has 18 heavy (non-hydrogen) atoms. The molecule has 2 aromatic rings. The van der Waals surface area contributed by atoms with Gasteiger partial charge in [-0.05, 0) is 40.4 Å². The van der Waals surface area contributed by atoms with Gasteiger partial charge in [0.15, 0.2) is 5.13 Å². The largest absolute Gasteiger partial charge is 0.301 e. The quantitative estimate of drug-likeness (QED) is 0.924. The maximum Gasteiger partial charge on any atom is 0.235 e. The van der Waals surface area contributed by atoms with Gasteiger partial charge in [-0.1, -0.05) is 17.4 Å². The Morgan fingerprint density at radius 3 is 3.17 bits per heavy atom. The fourth-order valence-corrected chi connectivity index (χ4v) is 3.28. The van der Waals surface area contributed by atoms with Crippen molar-refractivity contribution in [2.24, 2.45) is 0 Å². The second-order valence-corrected chi connectivity index (χ2v) is 6.51. The van der Waals surface area contributed by atoms with Gasteiger partial charge < -0.3 is 5.32 Å². The van der Waals surface area contributed by atoms with Crippen molar-refractivity contribution in [1.29, 1.82) is 0 Å². The number of aryl methyl sites for hydroxylation is 1. The zero-order valence-corrected chi connectivity index (χ0v) is 11.8. The monoisotopic (exact) mass is 323 g/mol. The molecule has 92 valence electrons. The Kier molecular flexibility index (Phi) is 3.13. The number of pyridine rings is 1. The number of anilines is 1. The van der Waals surface area contributed by atoms with Crippen molar-refractivity contribution >= 4 is 38.3 Å². The first-order chi connectivity index (χ1) is 8.74. The number of carbonyl (C=O) groups excluding carboxylic acids is 1. The van der Waals surface area contributed by atoms with Crippen LogP contribution >= 0.6 is 27.3 Å². The lowest BCUT2D eigenvalue weighted by molar-refractivity contribution is -0.117. The molecule has 4 nitrogen and oxygen atoms in total. The number of amides is 1. The molecule has 1 aliphatic rings. The minimum Gasteiger partial charge on any atom is -0.301 e. The Hall–Kier alpha value is -1.27. The normalized spacial score (nSPS) is 17.5. The molecule has 1 N–H and O–H groups in total. The lowest BCUT2D eigenvalue weighted by Crippen LogP contribution is -2.19. The molecule has 0 aromatic carbocycles. The Bertz CT molecular complexity index is 599.